The van der Waals surface area contributed by atoms with Gasteiger partial charge < -0.3 is 16.4 Å². The Balaban J connectivity index is 2.62. The number of amides is 1. The van der Waals surface area contributed by atoms with Crippen molar-refractivity contribution in [3.63, 3.8) is 0 Å². The topological polar surface area (TPSA) is 79.5 Å². The van der Waals surface area contributed by atoms with Gasteiger partial charge in [0.1, 0.15) is 0 Å². The number of nitrogens with one attached hydrogen (secondary N) is 2. The minimum absolute atomic E-state index is 0.313. The first-order valence-corrected chi connectivity index (χ1v) is 5.89. The average Bonchev–Trinajstić information content (AvgIpc) is 2.34. The minimum atomic E-state index is -0.415. The Hall–Kier alpha value is -2.04. The van der Waals surface area contributed by atoms with E-state index in [1.807, 2.05) is 26.0 Å². The highest BCUT2D eigenvalue weighted by atomic mass is 16.1. The van der Waals surface area contributed by atoms with Crippen LogP contribution < -0.4 is 16.4 Å². The SMILES string of the molecule is CN=C(NCc1cccc(C(N)=O)c1)NC(C)C. The molecule has 0 bridgehead atoms. The highest BCUT2D eigenvalue weighted by Crippen LogP contribution is 2.04. The van der Waals surface area contributed by atoms with Gasteiger partial charge in [-0.1, -0.05) is 12.1 Å². The van der Waals surface area contributed by atoms with Gasteiger partial charge in [-0.2, -0.15) is 0 Å². The van der Waals surface area contributed by atoms with E-state index >= 15 is 0 Å². The van der Waals surface area contributed by atoms with E-state index in [0.29, 0.717) is 18.2 Å². The first kappa shape index (κ1) is 14.0. The fraction of sp³-hybridized carbons (Fsp3) is 0.385. The van der Waals surface area contributed by atoms with Crippen LogP contribution in [0.1, 0.15) is 29.8 Å². The number of carbonyl (C=O) groups is 1. The van der Waals surface area contributed by atoms with Gasteiger partial charge in [0, 0.05) is 25.2 Å². The Kier molecular flexibility index (Phi) is 5.17. The fourth-order valence-electron chi connectivity index (χ4n) is 1.49. The summed E-state index contributed by atoms with van der Waals surface area (Å²) in [6, 6.07) is 7.54. The molecule has 0 radical (unpaired) electrons. The summed E-state index contributed by atoms with van der Waals surface area (Å²) in [6.07, 6.45) is 0. The van der Waals surface area contributed by atoms with Crippen LogP contribution in [0.2, 0.25) is 0 Å². The van der Waals surface area contributed by atoms with Gasteiger partial charge in [0.15, 0.2) is 5.96 Å². The molecule has 0 fully saturated rings. The Morgan fingerprint density at radius 2 is 2.17 bits per heavy atom. The quantitative estimate of drug-likeness (QED) is 0.546. The monoisotopic (exact) mass is 248 g/mol. The maximum Gasteiger partial charge on any atom is 0.248 e. The van der Waals surface area contributed by atoms with Gasteiger partial charge in [0.05, 0.1) is 0 Å². The highest BCUT2D eigenvalue weighted by Gasteiger charge is 2.03. The van der Waals surface area contributed by atoms with Crippen LogP contribution in [0.15, 0.2) is 29.3 Å². The van der Waals surface area contributed by atoms with Crippen molar-refractivity contribution in [2.45, 2.75) is 26.4 Å². The van der Waals surface area contributed by atoms with E-state index in [2.05, 4.69) is 15.6 Å². The van der Waals surface area contributed by atoms with Crippen LogP contribution in [0.4, 0.5) is 0 Å². The number of rotatable bonds is 4. The van der Waals surface area contributed by atoms with Crippen LogP contribution >= 0.6 is 0 Å². The largest absolute Gasteiger partial charge is 0.366 e. The second-order valence-electron chi connectivity index (χ2n) is 4.29. The van der Waals surface area contributed by atoms with Crippen molar-refractivity contribution < 1.29 is 4.79 Å². The molecule has 0 unspecified atom stereocenters. The van der Waals surface area contributed by atoms with Crippen LogP contribution in [-0.2, 0) is 6.54 Å². The van der Waals surface area contributed by atoms with Crippen LogP contribution in [-0.4, -0.2) is 25.0 Å². The summed E-state index contributed by atoms with van der Waals surface area (Å²) in [5.74, 6) is 0.316. The van der Waals surface area contributed by atoms with Crippen molar-refractivity contribution in [1.82, 2.24) is 10.6 Å². The minimum Gasteiger partial charge on any atom is -0.366 e. The summed E-state index contributed by atoms with van der Waals surface area (Å²) >= 11 is 0. The number of guanidine groups is 1. The molecule has 1 amide bonds. The molecule has 18 heavy (non-hydrogen) atoms. The van der Waals surface area contributed by atoms with Crippen molar-refractivity contribution in [2.24, 2.45) is 10.7 Å². The third-order valence-corrected chi connectivity index (χ3v) is 2.32. The molecule has 5 nitrogen and oxygen atoms in total. The standard InChI is InChI=1S/C13H20N4O/c1-9(2)17-13(15-3)16-8-10-5-4-6-11(7-10)12(14)18/h4-7,9H,8H2,1-3H3,(H2,14,18)(H2,15,16,17). The third-order valence-electron chi connectivity index (χ3n) is 2.32. The molecular formula is C13H20N4O. The Labute approximate surface area is 107 Å². The molecule has 4 N–H and O–H groups in total. The van der Waals surface area contributed by atoms with E-state index in [9.17, 15) is 4.79 Å². The third kappa shape index (κ3) is 4.45. The number of aliphatic imine (C=N–C) groups is 1. The number of carbonyl (C=O) groups excluding carboxylic acids is 1. The van der Waals surface area contributed by atoms with Crippen LogP contribution in [0.3, 0.4) is 0 Å². The molecule has 1 rings (SSSR count). The summed E-state index contributed by atoms with van der Waals surface area (Å²) in [5, 5.41) is 6.35. The maximum atomic E-state index is 11.1. The van der Waals surface area contributed by atoms with E-state index in [1.54, 1.807) is 19.2 Å². The lowest BCUT2D eigenvalue weighted by atomic mass is 10.1. The summed E-state index contributed by atoms with van der Waals surface area (Å²) in [4.78, 5) is 15.2. The second kappa shape index (κ2) is 6.64. The van der Waals surface area contributed by atoms with E-state index in [-0.39, 0.29) is 0 Å². The lowest BCUT2D eigenvalue weighted by molar-refractivity contribution is 0.1000. The predicted octanol–water partition coefficient (Wildman–Crippen LogP) is 0.859. The van der Waals surface area contributed by atoms with Crippen LogP contribution in [0.5, 0.6) is 0 Å². The zero-order chi connectivity index (χ0) is 13.5. The molecule has 0 atom stereocenters. The Morgan fingerprint density at radius 1 is 1.44 bits per heavy atom. The highest BCUT2D eigenvalue weighted by molar-refractivity contribution is 5.92. The molecule has 0 aliphatic heterocycles. The molecule has 98 valence electrons. The number of benzene rings is 1. The summed E-state index contributed by atoms with van der Waals surface area (Å²) in [5.41, 5.74) is 6.73. The van der Waals surface area contributed by atoms with E-state index in [4.69, 9.17) is 5.73 Å². The van der Waals surface area contributed by atoms with Crippen molar-refractivity contribution >= 4 is 11.9 Å². The first-order chi connectivity index (χ1) is 8.52. The van der Waals surface area contributed by atoms with Gasteiger partial charge in [0.2, 0.25) is 5.91 Å². The predicted molar refractivity (Wildman–Crippen MR) is 73.4 cm³/mol. The van der Waals surface area contributed by atoms with Crippen molar-refractivity contribution in [3.05, 3.63) is 35.4 Å². The average molecular weight is 248 g/mol. The number of hydrogen-bond acceptors (Lipinski definition) is 2. The van der Waals surface area contributed by atoms with Gasteiger partial charge in [-0.3, -0.25) is 9.79 Å². The van der Waals surface area contributed by atoms with Gasteiger partial charge >= 0.3 is 0 Å². The lowest BCUT2D eigenvalue weighted by Gasteiger charge is -2.14. The Morgan fingerprint density at radius 3 is 2.72 bits per heavy atom. The van der Waals surface area contributed by atoms with Crippen molar-refractivity contribution in [1.29, 1.82) is 0 Å². The first-order valence-electron chi connectivity index (χ1n) is 5.89. The molecule has 5 heteroatoms. The van der Waals surface area contributed by atoms with Crippen LogP contribution in [0, 0.1) is 0 Å². The molecular weight excluding hydrogens is 228 g/mol. The summed E-state index contributed by atoms with van der Waals surface area (Å²) in [7, 11) is 1.72. The zero-order valence-electron chi connectivity index (χ0n) is 11.0. The normalized spacial score (nSPS) is 11.4. The maximum absolute atomic E-state index is 11.1. The van der Waals surface area contributed by atoms with Gasteiger partial charge in [-0.25, -0.2) is 0 Å². The van der Waals surface area contributed by atoms with E-state index in [1.165, 1.54) is 0 Å². The van der Waals surface area contributed by atoms with E-state index < -0.39 is 5.91 Å². The molecule has 0 aliphatic rings. The summed E-state index contributed by atoms with van der Waals surface area (Å²) in [6.45, 7) is 4.68. The smallest absolute Gasteiger partial charge is 0.248 e. The van der Waals surface area contributed by atoms with Crippen molar-refractivity contribution in [2.75, 3.05) is 7.05 Å². The molecule has 0 heterocycles. The number of nitrogens with zero attached hydrogens (tertiary/aromatic N) is 1. The number of hydrogen-bond donors (Lipinski definition) is 3. The molecule has 0 aliphatic carbocycles. The van der Waals surface area contributed by atoms with Gasteiger partial charge in [-0.15, -0.1) is 0 Å². The molecule has 0 spiro atoms. The number of primary amides is 1. The summed E-state index contributed by atoms with van der Waals surface area (Å²) < 4.78 is 0. The number of nitrogens with two attached hydrogens (primary N) is 1. The second-order valence-corrected chi connectivity index (χ2v) is 4.29. The molecule has 1 aromatic rings. The van der Waals surface area contributed by atoms with E-state index in [0.717, 1.165) is 11.5 Å². The van der Waals surface area contributed by atoms with Crippen molar-refractivity contribution in [3.8, 4) is 0 Å². The Bertz CT molecular complexity index is 440. The fourth-order valence-corrected chi connectivity index (χ4v) is 1.49. The van der Waals surface area contributed by atoms with Crippen LogP contribution in [0.25, 0.3) is 0 Å². The zero-order valence-corrected chi connectivity index (χ0v) is 11.0. The van der Waals surface area contributed by atoms with Gasteiger partial charge in [0.25, 0.3) is 0 Å². The molecule has 1 aromatic carbocycles. The molecule has 0 aromatic heterocycles. The molecule has 0 saturated heterocycles. The lowest BCUT2D eigenvalue weighted by Crippen LogP contribution is -2.40. The van der Waals surface area contributed by atoms with Gasteiger partial charge in [-0.05, 0) is 31.5 Å². The molecule has 0 saturated carbocycles.